The van der Waals surface area contributed by atoms with Gasteiger partial charge in [-0.25, -0.2) is 4.98 Å². The van der Waals surface area contributed by atoms with Crippen molar-refractivity contribution < 1.29 is 0 Å². The van der Waals surface area contributed by atoms with Crippen molar-refractivity contribution in [2.75, 3.05) is 13.1 Å². The third kappa shape index (κ3) is 2.91. The van der Waals surface area contributed by atoms with Gasteiger partial charge in [0.1, 0.15) is 0 Å². The SMILES string of the molecule is Clc1cnc(CN2CCC(n3ccnc3)C2)c(Cl)c1. The monoisotopic (exact) mass is 296 g/mol. The van der Waals surface area contributed by atoms with E-state index in [1.54, 1.807) is 12.3 Å². The summed E-state index contributed by atoms with van der Waals surface area (Å²) in [5.74, 6) is 0. The van der Waals surface area contributed by atoms with Gasteiger partial charge in [0.15, 0.2) is 0 Å². The summed E-state index contributed by atoms with van der Waals surface area (Å²) >= 11 is 12.0. The highest BCUT2D eigenvalue weighted by Crippen LogP contribution is 2.25. The average Bonchev–Trinajstić information content (AvgIpc) is 3.03. The van der Waals surface area contributed by atoms with Gasteiger partial charge in [-0.1, -0.05) is 23.2 Å². The Morgan fingerprint density at radius 2 is 2.26 bits per heavy atom. The number of likely N-dealkylation sites (tertiary alicyclic amines) is 1. The van der Waals surface area contributed by atoms with E-state index in [0.717, 1.165) is 31.7 Å². The van der Waals surface area contributed by atoms with Crippen LogP contribution < -0.4 is 0 Å². The number of hydrogen-bond acceptors (Lipinski definition) is 3. The van der Waals surface area contributed by atoms with E-state index in [1.807, 2.05) is 18.7 Å². The third-order valence-electron chi connectivity index (χ3n) is 3.45. The molecule has 2 aromatic heterocycles. The molecule has 2 aromatic rings. The third-order valence-corrected chi connectivity index (χ3v) is 3.99. The number of imidazole rings is 1. The van der Waals surface area contributed by atoms with E-state index in [-0.39, 0.29) is 0 Å². The van der Waals surface area contributed by atoms with Crippen molar-refractivity contribution in [1.29, 1.82) is 0 Å². The van der Waals surface area contributed by atoms with Gasteiger partial charge < -0.3 is 4.57 Å². The first-order valence-electron chi connectivity index (χ1n) is 6.22. The Hall–Kier alpha value is -1.10. The highest BCUT2D eigenvalue weighted by Gasteiger charge is 2.24. The fourth-order valence-corrected chi connectivity index (χ4v) is 2.90. The maximum absolute atomic E-state index is 6.16. The van der Waals surface area contributed by atoms with Gasteiger partial charge in [-0.2, -0.15) is 0 Å². The summed E-state index contributed by atoms with van der Waals surface area (Å²) in [6, 6.07) is 2.24. The number of hydrogen-bond donors (Lipinski definition) is 0. The molecule has 1 fully saturated rings. The summed E-state index contributed by atoms with van der Waals surface area (Å²) < 4.78 is 2.16. The van der Waals surface area contributed by atoms with Crippen LogP contribution in [0, 0.1) is 0 Å². The van der Waals surface area contributed by atoms with Gasteiger partial charge in [0.05, 0.1) is 22.1 Å². The van der Waals surface area contributed by atoms with Gasteiger partial charge in [-0.15, -0.1) is 0 Å². The molecule has 0 amide bonds. The maximum atomic E-state index is 6.16. The molecule has 1 saturated heterocycles. The van der Waals surface area contributed by atoms with E-state index in [0.29, 0.717) is 16.1 Å². The molecule has 1 atom stereocenters. The molecule has 0 aliphatic carbocycles. The van der Waals surface area contributed by atoms with Crippen LogP contribution >= 0.6 is 23.2 Å². The van der Waals surface area contributed by atoms with Crippen LogP contribution in [0.1, 0.15) is 18.2 Å². The Bertz CT molecular complexity index is 556. The lowest BCUT2D eigenvalue weighted by Crippen LogP contribution is -2.21. The first-order chi connectivity index (χ1) is 9.22. The van der Waals surface area contributed by atoms with Crippen LogP contribution in [-0.2, 0) is 6.54 Å². The van der Waals surface area contributed by atoms with Crippen LogP contribution in [0.3, 0.4) is 0 Å². The maximum Gasteiger partial charge on any atom is 0.0948 e. The highest BCUT2D eigenvalue weighted by atomic mass is 35.5. The summed E-state index contributed by atoms with van der Waals surface area (Å²) in [4.78, 5) is 10.8. The van der Waals surface area contributed by atoms with Gasteiger partial charge >= 0.3 is 0 Å². The molecule has 1 aliphatic heterocycles. The summed E-state index contributed by atoms with van der Waals surface area (Å²) in [6.07, 6.45) is 8.48. The van der Waals surface area contributed by atoms with Gasteiger partial charge in [-0.3, -0.25) is 9.88 Å². The normalized spacial score (nSPS) is 20.0. The van der Waals surface area contributed by atoms with E-state index in [2.05, 4.69) is 19.4 Å². The Labute approximate surface area is 122 Å². The molecule has 0 radical (unpaired) electrons. The van der Waals surface area contributed by atoms with Crippen molar-refractivity contribution in [3.05, 3.63) is 46.7 Å². The van der Waals surface area contributed by atoms with E-state index in [1.165, 1.54) is 0 Å². The second-order valence-electron chi connectivity index (χ2n) is 4.77. The standard InChI is InChI=1S/C13H14Cl2N4/c14-10-5-12(15)13(17-6-10)8-18-3-1-11(7-18)19-4-2-16-9-19/h2,4-6,9,11H,1,3,7-8H2. The predicted molar refractivity (Wildman–Crippen MR) is 75.4 cm³/mol. The van der Waals surface area contributed by atoms with Crippen molar-refractivity contribution in [3.8, 4) is 0 Å². The van der Waals surface area contributed by atoms with Gasteiger partial charge in [-0.05, 0) is 12.5 Å². The quantitative estimate of drug-likeness (QED) is 0.873. The Morgan fingerprint density at radius 1 is 1.37 bits per heavy atom. The minimum absolute atomic E-state index is 0.494. The molecule has 0 N–H and O–H groups in total. The van der Waals surface area contributed by atoms with E-state index >= 15 is 0 Å². The van der Waals surface area contributed by atoms with Crippen LogP contribution in [0.5, 0.6) is 0 Å². The minimum Gasteiger partial charge on any atom is -0.333 e. The summed E-state index contributed by atoms with van der Waals surface area (Å²) in [5.41, 5.74) is 0.886. The Kier molecular flexibility index (Phi) is 3.73. The lowest BCUT2D eigenvalue weighted by molar-refractivity contribution is 0.312. The first-order valence-corrected chi connectivity index (χ1v) is 6.97. The lowest BCUT2D eigenvalue weighted by atomic mass is 10.3. The highest BCUT2D eigenvalue weighted by molar-refractivity contribution is 6.34. The Morgan fingerprint density at radius 3 is 3.00 bits per heavy atom. The van der Waals surface area contributed by atoms with Crippen LogP contribution in [0.15, 0.2) is 31.0 Å². The average molecular weight is 297 g/mol. The van der Waals surface area contributed by atoms with Crippen molar-refractivity contribution >= 4 is 23.2 Å². The molecule has 3 rings (SSSR count). The van der Waals surface area contributed by atoms with Gasteiger partial charge in [0.25, 0.3) is 0 Å². The topological polar surface area (TPSA) is 34.0 Å². The molecule has 3 heterocycles. The fourth-order valence-electron chi connectivity index (χ4n) is 2.46. The fraction of sp³-hybridized carbons (Fsp3) is 0.385. The van der Waals surface area contributed by atoms with E-state index in [4.69, 9.17) is 23.2 Å². The number of aromatic nitrogens is 3. The molecule has 0 saturated carbocycles. The van der Waals surface area contributed by atoms with Crippen LogP contribution in [0.2, 0.25) is 10.0 Å². The molecule has 0 spiro atoms. The summed E-state index contributed by atoms with van der Waals surface area (Å²) in [5, 5.41) is 1.21. The molecular formula is C13H14Cl2N4. The van der Waals surface area contributed by atoms with Crippen molar-refractivity contribution in [1.82, 2.24) is 19.4 Å². The molecule has 4 nitrogen and oxygen atoms in total. The number of halogens is 2. The largest absolute Gasteiger partial charge is 0.333 e. The molecule has 0 aromatic carbocycles. The molecule has 1 unspecified atom stereocenters. The van der Waals surface area contributed by atoms with Gasteiger partial charge in [0.2, 0.25) is 0 Å². The molecule has 1 aliphatic rings. The zero-order valence-corrected chi connectivity index (χ0v) is 11.8. The summed E-state index contributed by atoms with van der Waals surface area (Å²) in [6.45, 7) is 2.81. The van der Waals surface area contributed by atoms with E-state index < -0.39 is 0 Å². The minimum atomic E-state index is 0.494. The number of nitrogens with zero attached hydrogens (tertiary/aromatic N) is 4. The molecular weight excluding hydrogens is 283 g/mol. The predicted octanol–water partition coefficient (Wildman–Crippen LogP) is 3.03. The van der Waals surface area contributed by atoms with Gasteiger partial charge in [0, 0.05) is 44.3 Å². The second kappa shape index (κ2) is 5.49. The van der Waals surface area contributed by atoms with Crippen molar-refractivity contribution in [3.63, 3.8) is 0 Å². The van der Waals surface area contributed by atoms with Crippen LogP contribution in [0.4, 0.5) is 0 Å². The molecule has 19 heavy (non-hydrogen) atoms. The van der Waals surface area contributed by atoms with Crippen molar-refractivity contribution in [2.45, 2.75) is 19.0 Å². The molecule has 6 heteroatoms. The van der Waals surface area contributed by atoms with Crippen LogP contribution in [0.25, 0.3) is 0 Å². The van der Waals surface area contributed by atoms with Crippen LogP contribution in [-0.4, -0.2) is 32.5 Å². The number of pyridine rings is 1. The molecule has 0 bridgehead atoms. The smallest absolute Gasteiger partial charge is 0.0948 e. The molecule has 100 valence electrons. The summed E-state index contributed by atoms with van der Waals surface area (Å²) in [7, 11) is 0. The van der Waals surface area contributed by atoms with E-state index in [9.17, 15) is 0 Å². The Balaban J connectivity index is 1.65. The first kappa shape index (κ1) is 12.9. The zero-order valence-electron chi connectivity index (χ0n) is 10.3. The lowest BCUT2D eigenvalue weighted by Gasteiger charge is -2.16. The number of rotatable bonds is 3. The zero-order chi connectivity index (χ0) is 13.2. The second-order valence-corrected chi connectivity index (χ2v) is 5.61. The van der Waals surface area contributed by atoms with Crippen molar-refractivity contribution in [2.24, 2.45) is 0 Å².